The number of nitrogens with one attached hydrogen (secondary N) is 1. The van der Waals surface area contributed by atoms with Gasteiger partial charge in [-0.05, 0) is 6.92 Å². The van der Waals surface area contributed by atoms with Crippen molar-refractivity contribution < 1.29 is 9.32 Å². The van der Waals surface area contributed by atoms with Crippen LogP contribution in [0.25, 0.3) is 0 Å². The molecule has 0 unspecified atom stereocenters. The van der Waals surface area contributed by atoms with Gasteiger partial charge in [-0.1, -0.05) is 5.16 Å². The second-order valence-corrected chi connectivity index (χ2v) is 1.81. The van der Waals surface area contributed by atoms with Crippen molar-refractivity contribution in [2.24, 2.45) is 5.84 Å². The SMILES string of the molecule is Cc1cnoc1C(=O)NN. The monoisotopic (exact) mass is 141 g/mol. The summed E-state index contributed by atoms with van der Waals surface area (Å²) in [6, 6.07) is 0. The summed E-state index contributed by atoms with van der Waals surface area (Å²) in [4.78, 5) is 10.7. The second kappa shape index (κ2) is 2.49. The van der Waals surface area contributed by atoms with Crippen LogP contribution in [-0.2, 0) is 0 Å². The molecule has 0 aliphatic heterocycles. The first kappa shape index (κ1) is 6.76. The molecule has 1 rings (SSSR count). The number of nitrogens with two attached hydrogens (primary N) is 1. The minimum absolute atomic E-state index is 0.155. The molecule has 5 nitrogen and oxygen atoms in total. The minimum Gasteiger partial charge on any atom is -0.351 e. The first-order chi connectivity index (χ1) is 4.75. The number of carbonyl (C=O) groups excluding carboxylic acids is 1. The van der Waals surface area contributed by atoms with Crippen molar-refractivity contribution in [3.8, 4) is 0 Å². The maximum atomic E-state index is 10.7. The van der Waals surface area contributed by atoms with E-state index in [1.54, 1.807) is 6.92 Å². The van der Waals surface area contributed by atoms with Crippen LogP contribution in [-0.4, -0.2) is 11.1 Å². The standard InChI is InChI=1S/C5H7N3O2/c1-3-2-7-10-4(3)5(9)8-6/h2H,6H2,1H3,(H,8,9). The lowest BCUT2D eigenvalue weighted by Crippen LogP contribution is -2.30. The zero-order valence-electron chi connectivity index (χ0n) is 5.42. The Morgan fingerprint density at radius 3 is 3.00 bits per heavy atom. The molecule has 0 saturated carbocycles. The first-order valence-corrected chi connectivity index (χ1v) is 2.68. The summed E-state index contributed by atoms with van der Waals surface area (Å²) in [7, 11) is 0. The number of nitrogens with zero attached hydrogens (tertiary/aromatic N) is 1. The highest BCUT2D eigenvalue weighted by molar-refractivity contribution is 5.92. The Bertz CT molecular complexity index is 243. The van der Waals surface area contributed by atoms with Gasteiger partial charge in [-0.2, -0.15) is 0 Å². The molecule has 1 aromatic heterocycles. The van der Waals surface area contributed by atoms with Gasteiger partial charge in [0.1, 0.15) is 0 Å². The van der Waals surface area contributed by atoms with E-state index in [1.165, 1.54) is 6.20 Å². The van der Waals surface area contributed by atoms with Crippen LogP contribution in [0.4, 0.5) is 0 Å². The summed E-state index contributed by atoms with van der Waals surface area (Å²) >= 11 is 0. The Morgan fingerprint density at radius 2 is 2.60 bits per heavy atom. The molecular formula is C5H7N3O2. The molecule has 1 heterocycles. The van der Waals surface area contributed by atoms with E-state index in [9.17, 15) is 4.79 Å². The Morgan fingerprint density at radius 1 is 1.90 bits per heavy atom. The molecule has 0 atom stereocenters. The predicted octanol–water partition coefficient (Wildman–Crippen LogP) is -0.413. The third-order valence-corrected chi connectivity index (χ3v) is 1.09. The van der Waals surface area contributed by atoms with E-state index in [4.69, 9.17) is 5.84 Å². The lowest BCUT2D eigenvalue weighted by Gasteiger charge is -1.91. The van der Waals surface area contributed by atoms with Crippen LogP contribution in [0.2, 0.25) is 0 Å². The Kier molecular flexibility index (Phi) is 1.68. The molecule has 0 saturated heterocycles. The van der Waals surface area contributed by atoms with Gasteiger partial charge in [0.2, 0.25) is 5.76 Å². The first-order valence-electron chi connectivity index (χ1n) is 2.68. The van der Waals surface area contributed by atoms with Crippen molar-refractivity contribution in [3.63, 3.8) is 0 Å². The van der Waals surface area contributed by atoms with Gasteiger partial charge in [-0.3, -0.25) is 10.2 Å². The Hall–Kier alpha value is -1.36. The largest absolute Gasteiger partial charge is 0.351 e. The third kappa shape index (κ3) is 0.985. The van der Waals surface area contributed by atoms with E-state index in [0.717, 1.165) is 0 Å². The number of rotatable bonds is 1. The van der Waals surface area contributed by atoms with E-state index in [-0.39, 0.29) is 5.76 Å². The van der Waals surface area contributed by atoms with Gasteiger partial charge in [-0.15, -0.1) is 0 Å². The fourth-order valence-electron chi connectivity index (χ4n) is 0.575. The summed E-state index contributed by atoms with van der Waals surface area (Å²) in [6.07, 6.45) is 1.45. The van der Waals surface area contributed by atoms with Crippen molar-refractivity contribution in [1.29, 1.82) is 0 Å². The number of aromatic nitrogens is 1. The smallest absolute Gasteiger partial charge is 0.304 e. The number of hydrazine groups is 1. The summed E-state index contributed by atoms with van der Waals surface area (Å²) in [5.74, 6) is 4.54. The number of carbonyl (C=O) groups is 1. The molecule has 3 N–H and O–H groups in total. The molecule has 54 valence electrons. The molecule has 1 amide bonds. The van der Waals surface area contributed by atoms with Crippen molar-refractivity contribution in [3.05, 3.63) is 17.5 Å². The van der Waals surface area contributed by atoms with E-state index in [2.05, 4.69) is 9.68 Å². The summed E-state index contributed by atoms with van der Waals surface area (Å²) in [5, 5.41) is 3.40. The number of hydrogen-bond donors (Lipinski definition) is 2. The van der Waals surface area contributed by atoms with E-state index in [0.29, 0.717) is 5.56 Å². The van der Waals surface area contributed by atoms with Crippen molar-refractivity contribution in [1.82, 2.24) is 10.6 Å². The maximum Gasteiger partial charge on any atom is 0.304 e. The molecule has 0 fully saturated rings. The van der Waals surface area contributed by atoms with Gasteiger partial charge < -0.3 is 4.52 Å². The normalized spacial score (nSPS) is 9.40. The molecule has 5 heteroatoms. The van der Waals surface area contributed by atoms with Crippen LogP contribution in [0.1, 0.15) is 16.1 Å². The average molecular weight is 141 g/mol. The second-order valence-electron chi connectivity index (χ2n) is 1.81. The zero-order valence-corrected chi connectivity index (χ0v) is 5.42. The third-order valence-electron chi connectivity index (χ3n) is 1.09. The predicted molar refractivity (Wildman–Crippen MR) is 32.9 cm³/mol. The molecule has 0 aromatic carbocycles. The van der Waals surface area contributed by atoms with Gasteiger partial charge in [-0.25, -0.2) is 5.84 Å². The van der Waals surface area contributed by atoms with Gasteiger partial charge >= 0.3 is 5.91 Å². The zero-order chi connectivity index (χ0) is 7.56. The highest BCUT2D eigenvalue weighted by atomic mass is 16.5. The van der Waals surface area contributed by atoms with Crippen LogP contribution >= 0.6 is 0 Å². The molecule has 0 bridgehead atoms. The highest BCUT2D eigenvalue weighted by Gasteiger charge is 2.11. The van der Waals surface area contributed by atoms with E-state index < -0.39 is 5.91 Å². The lowest BCUT2D eigenvalue weighted by molar-refractivity contribution is 0.0916. The van der Waals surface area contributed by atoms with Crippen LogP contribution in [0, 0.1) is 6.92 Å². The van der Waals surface area contributed by atoms with Crippen LogP contribution in [0.15, 0.2) is 10.7 Å². The topological polar surface area (TPSA) is 81.2 Å². The quantitative estimate of drug-likeness (QED) is 0.316. The van der Waals surface area contributed by atoms with Crippen LogP contribution in [0.5, 0.6) is 0 Å². The molecule has 1 aromatic rings. The fraction of sp³-hybridized carbons (Fsp3) is 0.200. The molecule has 0 aliphatic rings. The lowest BCUT2D eigenvalue weighted by atomic mass is 10.3. The minimum atomic E-state index is -0.463. The number of hydrogen-bond acceptors (Lipinski definition) is 4. The van der Waals surface area contributed by atoms with Gasteiger partial charge in [0, 0.05) is 5.56 Å². The Balaban J connectivity index is 2.93. The van der Waals surface area contributed by atoms with E-state index >= 15 is 0 Å². The van der Waals surface area contributed by atoms with Gasteiger partial charge in [0.15, 0.2) is 0 Å². The highest BCUT2D eigenvalue weighted by Crippen LogP contribution is 2.03. The van der Waals surface area contributed by atoms with Crippen LogP contribution < -0.4 is 11.3 Å². The van der Waals surface area contributed by atoms with Crippen molar-refractivity contribution in [2.75, 3.05) is 0 Å². The summed E-state index contributed by atoms with van der Waals surface area (Å²) in [5.41, 5.74) is 2.60. The molecule has 0 aliphatic carbocycles. The fourth-order valence-corrected chi connectivity index (χ4v) is 0.575. The van der Waals surface area contributed by atoms with Gasteiger partial charge in [0.05, 0.1) is 6.20 Å². The van der Waals surface area contributed by atoms with Crippen molar-refractivity contribution >= 4 is 5.91 Å². The van der Waals surface area contributed by atoms with E-state index in [1.807, 2.05) is 5.43 Å². The number of aryl methyl sites for hydroxylation is 1. The average Bonchev–Trinajstić information content (AvgIpc) is 2.34. The van der Waals surface area contributed by atoms with Crippen molar-refractivity contribution in [2.45, 2.75) is 6.92 Å². The van der Waals surface area contributed by atoms with Gasteiger partial charge in [0.25, 0.3) is 0 Å². The summed E-state index contributed by atoms with van der Waals surface area (Å²) < 4.78 is 4.57. The molecular weight excluding hydrogens is 134 g/mol. The number of nitrogen functional groups attached to an aromatic ring is 1. The van der Waals surface area contributed by atoms with Crippen LogP contribution in [0.3, 0.4) is 0 Å². The maximum absolute atomic E-state index is 10.7. The molecule has 0 spiro atoms. The molecule has 10 heavy (non-hydrogen) atoms. The number of amides is 1. The summed E-state index contributed by atoms with van der Waals surface area (Å²) in [6.45, 7) is 1.71. The Labute approximate surface area is 57.1 Å². The molecule has 0 radical (unpaired) electrons.